The number of fused-ring (bicyclic) bond motifs is 1. The van der Waals surface area contributed by atoms with Crippen molar-refractivity contribution in [1.29, 1.82) is 0 Å². The maximum atomic E-state index is 12.1. The Balaban J connectivity index is 1.78. The van der Waals surface area contributed by atoms with E-state index >= 15 is 0 Å². The fourth-order valence-corrected chi connectivity index (χ4v) is 2.81. The van der Waals surface area contributed by atoms with Crippen molar-refractivity contribution < 1.29 is 9.59 Å². The molecule has 5 heteroatoms. The van der Waals surface area contributed by atoms with Gasteiger partial charge in [-0.1, -0.05) is 50.8 Å². The number of nitrogens with one attached hydrogen (secondary N) is 2. The molecule has 2 aromatic rings. The van der Waals surface area contributed by atoms with E-state index in [1.54, 1.807) is 0 Å². The molecule has 0 saturated heterocycles. The molecule has 0 bridgehead atoms. The Morgan fingerprint density at radius 3 is 2.71 bits per heavy atom. The van der Waals surface area contributed by atoms with E-state index in [1.807, 2.05) is 30.5 Å². The molecule has 1 atom stereocenters. The van der Waals surface area contributed by atoms with E-state index in [9.17, 15) is 9.59 Å². The highest BCUT2D eigenvalue weighted by atomic mass is 16.2. The minimum atomic E-state index is -0.728. The number of aromatic amines is 1. The van der Waals surface area contributed by atoms with Crippen LogP contribution in [0, 0.1) is 0 Å². The second-order valence-corrected chi connectivity index (χ2v) is 6.25. The summed E-state index contributed by atoms with van der Waals surface area (Å²) in [5.74, 6) is -0.635. The number of aromatic nitrogens is 1. The van der Waals surface area contributed by atoms with Crippen molar-refractivity contribution >= 4 is 22.7 Å². The summed E-state index contributed by atoms with van der Waals surface area (Å²) in [7, 11) is 0. The van der Waals surface area contributed by atoms with Crippen LogP contribution in [0.25, 0.3) is 10.9 Å². The zero-order valence-corrected chi connectivity index (χ0v) is 14.3. The van der Waals surface area contributed by atoms with E-state index in [0.717, 1.165) is 35.7 Å². The van der Waals surface area contributed by atoms with Gasteiger partial charge in [-0.3, -0.25) is 14.9 Å². The number of carbonyl (C=O) groups is 2. The molecule has 1 aromatic carbocycles. The molecular formula is C19H27N3O2. The monoisotopic (exact) mass is 329 g/mol. The quantitative estimate of drug-likeness (QED) is 0.618. The molecule has 0 aliphatic rings. The third-order valence-electron chi connectivity index (χ3n) is 4.22. The predicted molar refractivity (Wildman–Crippen MR) is 96.5 cm³/mol. The number of hydrogen-bond donors (Lipinski definition) is 3. The average molecular weight is 329 g/mol. The van der Waals surface area contributed by atoms with Crippen LogP contribution in [0.2, 0.25) is 0 Å². The molecule has 1 heterocycles. The standard InChI is InChI=1S/C19H27N3O2/c1-2-3-4-5-6-11-18(23)22-19(24)16(20)12-14-13-21-17-10-8-7-9-15(14)17/h7-10,13,16,21H,2-6,11-12,20H2,1H3,(H,22,23,24)/t16-/m0/s1. The molecule has 130 valence electrons. The van der Waals surface area contributed by atoms with Crippen molar-refractivity contribution in [3.8, 4) is 0 Å². The first-order chi connectivity index (χ1) is 11.6. The molecule has 0 aliphatic heterocycles. The van der Waals surface area contributed by atoms with Crippen LogP contribution in [0.15, 0.2) is 30.5 Å². The Bertz CT molecular complexity index is 678. The number of unbranched alkanes of at least 4 members (excludes halogenated alkanes) is 4. The molecule has 0 spiro atoms. The van der Waals surface area contributed by atoms with Crippen LogP contribution in [0.3, 0.4) is 0 Å². The molecule has 2 amide bonds. The summed E-state index contributed by atoms with van der Waals surface area (Å²) >= 11 is 0. The molecule has 24 heavy (non-hydrogen) atoms. The summed E-state index contributed by atoms with van der Waals surface area (Å²) in [6, 6.07) is 7.15. The van der Waals surface area contributed by atoms with Gasteiger partial charge in [-0.05, 0) is 24.5 Å². The molecule has 0 saturated carbocycles. The fourth-order valence-electron chi connectivity index (χ4n) is 2.81. The molecule has 4 N–H and O–H groups in total. The number of carbonyl (C=O) groups excluding carboxylic acids is 2. The van der Waals surface area contributed by atoms with Crippen LogP contribution < -0.4 is 11.1 Å². The van der Waals surface area contributed by atoms with Crippen molar-refractivity contribution in [2.75, 3.05) is 0 Å². The van der Waals surface area contributed by atoms with Gasteiger partial charge >= 0.3 is 0 Å². The second kappa shape index (κ2) is 9.23. The van der Waals surface area contributed by atoms with E-state index < -0.39 is 11.9 Å². The first-order valence-electron chi connectivity index (χ1n) is 8.76. The highest BCUT2D eigenvalue weighted by molar-refractivity contribution is 5.98. The lowest BCUT2D eigenvalue weighted by molar-refractivity contribution is -0.131. The normalized spacial score (nSPS) is 12.2. The molecule has 0 radical (unpaired) electrons. The Hall–Kier alpha value is -2.14. The minimum Gasteiger partial charge on any atom is -0.361 e. The topological polar surface area (TPSA) is 88.0 Å². The molecule has 2 rings (SSSR count). The van der Waals surface area contributed by atoms with Crippen LogP contribution in [0.5, 0.6) is 0 Å². The number of nitrogens with two attached hydrogens (primary N) is 1. The first kappa shape index (κ1) is 18.2. The lowest BCUT2D eigenvalue weighted by Gasteiger charge is -2.11. The van der Waals surface area contributed by atoms with Gasteiger partial charge in [-0.15, -0.1) is 0 Å². The number of rotatable bonds is 9. The Kier molecular flexibility index (Phi) is 7.00. The molecule has 0 fully saturated rings. The number of hydrogen-bond acceptors (Lipinski definition) is 3. The van der Waals surface area contributed by atoms with Crippen LogP contribution >= 0.6 is 0 Å². The van der Waals surface area contributed by atoms with Gasteiger partial charge in [0.1, 0.15) is 0 Å². The third kappa shape index (κ3) is 5.20. The van der Waals surface area contributed by atoms with E-state index in [2.05, 4.69) is 17.2 Å². The molecule has 0 unspecified atom stereocenters. The van der Waals surface area contributed by atoms with Crippen LogP contribution in [-0.4, -0.2) is 22.8 Å². The maximum Gasteiger partial charge on any atom is 0.243 e. The van der Waals surface area contributed by atoms with E-state index in [0.29, 0.717) is 12.8 Å². The van der Waals surface area contributed by atoms with E-state index in [-0.39, 0.29) is 5.91 Å². The third-order valence-corrected chi connectivity index (χ3v) is 4.22. The SMILES string of the molecule is CCCCCCCC(=O)NC(=O)[C@@H](N)Cc1c[nH]c2ccccc12. The summed E-state index contributed by atoms with van der Waals surface area (Å²) in [6.45, 7) is 2.15. The molecule has 1 aromatic heterocycles. The number of amides is 2. The largest absolute Gasteiger partial charge is 0.361 e. The molecule has 0 aliphatic carbocycles. The maximum absolute atomic E-state index is 12.1. The van der Waals surface area contributed by atoms with Crippen molar-refractivity contribution in [2.24, 2.45) is 5.73 Å². The smallest absolute Gasteiger partial charge is 0.243 e. The highest BCUT2D eigenvalue weighted by Gasteiger charge is 2.18. The highest BCUT2D eigenvalue weighted by Crippen LogP contribution is 2.18. The van der Waals surface area contributed by atoms with Crippen LogP contribution in [0.4, 0.5) is 0 Å². The Morgan fingerprint density at radius 2 is 1.92 bits per heavy atom. The zero-order valence-electron chi connectivity index (χ0n) is 14.3. The summed E-state index contributed by atoms with van der Waals surface area (Å²) in [6.07, 6.45) is 8.00. The summed E-state index contributed by atoms with van der Waals surface area (Å²) < 4.78 is 0. The molecular weight excluding hydrogens is 302 g/mol. The van der Waals surface area contributed by atoms with E-state index in [4.69, 9.17) is 5.73 Å². The molecule has 5 nitrogen and oxygen atoms in total. The van der Waals surface area contributed by atoms with Crippen molar-refractivity contribution in [3.05, 3.63) is 36.0 Å². The first-order valence-corrected chi connectivity index (χ1v) is 8.76. The lowest BCUT2D eigenvalue weighted by Crippen LogP contribution is -2.44. The fraction of sp³-hybridized carbons (Fsp3) is 0.474. The van der Waals surface area contributed by atoms with Gasteiger partial charge in [0.15, 0.2) is 0 Å². The summed E-state index contributed by atoms with van der Waals surface area (Å²) in [5.41, 5.74) is 7.97. The van der Waals surface area contributed by atoms with Gasteiger partial charge in [0.05, 0.1) is 6.04 Å². The predicted octanol–water partition coefficient (Wildman–Crippen LogP) is 3.04. The van der Waals surface area contributed by atoms with Crippen molar-refractivity contribution in [3.63, 3.8) is 0 Å². The Labute approximate surface area is 143 Å². The number of imide groups is 1. The van der Waals surface area contributed by atoms with Gasteiger partial charge in [0, 0.05) is 23.5 Å². The summed E-state index contributed by atoms with van der Waals surface area (Å²) in [5, 5.41) is 3.48. The lowest BCUT2D eigenvalue weighted by atomic mass is 10.0. The van der Waals surface area contributed by atoms with Crippen LogP contribution in [0.1, 0.15) is 51.0 Å². The number of para-hydroxylation sites is 1. The average Bonchev–Trinajstić information content (AvgIpc) is 2.98. The minimum absolute atomic E-state index is 0.231. The van der Waals surface area contributed by atoms with Gasteiger partial charge in [0.2, 0.25) is 11.8 Å². The second-order valence-electron chi connectivity index (χ2n) is 6.25. The van der Waals surface area contributed by atoms with Gasteiger partial charge in [0.25, 0.3) is 0 Å². The van der Waals surface area contributed by atoms with Crippen molar-refractivity contribution in [1.82, 2.24) is 10.3 Å². The number of H-pyrrole nitrogens is 1. The Morgan fingerprint density at radius 1 is 1.17 bits per heavy atom. The number of benzene rings is 1. The summed E-state index contributed by atoms with van der Waals surface area (Å²) in [4.78, 5) is 27.1. The van der Waals surface area contributed by atoms with E-state index in [1.165, 1.54) is 12.8 Å². The van der Waals surface area contributed by atoms with Gasteiger partial charge in [-0.2, -0.15) is 0 Å². The van der Waals surface area contributed by atoms with Gasteiger partial charge < -0.3 is 10.7 Å². The van der Waals surface area contributed by atoms with Crippen molar-refractivity contribution in [2.45, 2.75) is 57.9 Å². The van der Waals surface area contributed by atoms with Crippen LogP contribution in [-0.2, 0) is 16.0 Å². The van der Waals surface area contributed by atoms with Gasteiger partial charge in [-0.25, -0.2) is 0 Å². The zero-order chi connectivity index (χ0) is 17.4.